The monoisotopic (exact) mass is 363 g/mol. The Bertz CT molecular complexity index is 754. The van der Waals surface area contributed by atoms with Crippen LogP contribution >= 0.6 is 22.9 Å². The van der Waals surface area contributed by atoms with Gasteiger partial charge in [0.1, 0.15) is 16.4 Å². The maximum Gasteiger partial charge on any atom is 0.268 e. The molecule has 1 saturated heterocycles. The van der Waals surface area contributed by atoms with E-state index in [4.69, 9.17) is 11.6 Å². The van der Waals surface area contributed by atoms with Gasteiger partial charge in [0, 0.05) is 5.92 Å². The van der Waals surface area contributed by atoms with Crippen molar-refractivity contribution in [2.24, 2.45) is 5.92 Å². The molecule has 1 aliphatic rings. The van der Waals surface area contributed by atoms with E-state index in [0.717, 1.165) is 25.9 Å². The molecule has 7 heteroatoms. The van der Waals surface area contributed by atoms with Gasteiger partial charge >= 0.3 is 0 Å². The molecular weight excluding hydrogens is 346 g/mol. The molecule has 2 aromatic rings. The molecule has 1 fully saturated rings. The van der Waals surface area contributed by atoms with Crippen molar-refractivity contribution >= 4 is 40.4 Å². The number of halogens is 1. The van der Waals surface area contributed by atoms with E-state index < -0.39 is 0 Å². The van der Waals surface area contributed by atoms with Crippen LogP contribution in [0.25, 0.3) is 0 Å². The number of anilines is 1. The topological polar surface area (TPSA) is 62.3 Å². The van der Waals surface area contributed by atoms with Crippen molar-refractivity contribution in [3.05, 3.63) is 45.2 Å². The van der Waals surface area contributed by atoms with Crippen LogP contribution in [0.2, 0.25) is 5.02 Å². The van der Waals surface area contributed by atoms with Gasteiger partial charge in [0.15, 0.2) is 5.78 Å². The molecule has 0 spiro atoms. The van der Waals surface area contributed by atoms with E-state index in [1.54, 1.807) is 29.6 Å². The predicted molar refractivity (Wildman–Crippen MR) is 96.1 cm³/mol. The second kappa shape index (κ2) is 7.42. The Kier molecular flexibility index (Phi) is 5.28. The standard InChI is InChI=1S/C17H18ClN3O2S/c1-21-8-5-11(6-9-21)15(22)13-3-2-4-14(19-13)20-17(23)16-12(18)7-10-24-16/h2-4,7,10-11H,5-6,8-9H2,1H3,(H,19,20,23). The number of carbonyl (C=O) groups excluding carboxylic acids is 2. The minimum absolute atomic E-state index is 0.00592. The SMILES string of the molecule is CN1CCC(C(=O)c2cccc(NC(=O)c3sccc3Cl)n2)CC1. The van der Waals surface area contributed by atoms with Crippen LogP contribution in [-0.4, -0.2) is 41.7 Å². The lowest BCUT2D eigenvalue weighted by molar-refractivity contribution is 0.0851. The molecule has 5 nitrogen and oxygen atoms in total. The van der Waals surface area contributed by atoms with Crippen molar-refractivity contribution in [2.45, 2.75) is 12.8 Å². The first-order valence-electron chi connectivity index (χ1n) is 7.79. The Morgan fingerprint density at radius 2 is 2.04 bits per heavy atom. The minimum atomic E-state index is -0.314. The molecule has 0 aliphatic carbocycles. The highest BCUT2D eigenvalue weighted by atomic mass is 35.5. The van der Waals surface area contributed by atoms with Crippen LogP contribution in [0.4, 0.5) is 5.82 Å². The Balaban J connectivity index is 1.71. The first-order valence-corrected chi connectivity index (χ1v) is 9.04. The van der Waals surface area contributed by atoms with Crippen LogP contribution in [0.1, 0.15) is 33.0 Å². The second-order valence-electron chi connectivity index (χ2n) is 5.90. The average Bonchev–Trinajstić information content (AvgIpc) is 3.01. The Hall–Kier alpha value is -1.76. The van der Waals surface area contributed by atoms with Crippen molar-refractivity contribution in [2.75, 3.05) is 25.5 Å². The van der Waals surface area contributed by atoms with Gasteiger partial charge in [-0.1, -0.05) is 17.7 Å². The molecule has 0 bridgehead atoms. The highest BCUT2D eigenvalue weighted by Gasteiger charge is 2.25. The summed E-state index contributed by atoms with van der Waals surface area (Å²) >= 11 is 7.23. The van der Waals surface area contributed by atoms with Gasteiger partial charge in [-0.3, -0.25) is 9.59 Å². The number of hydrogen-bond acceptors (Lipinski definition) is 5. The zero-order chi connectivity index (χ0) is 17.1. The van der Waals surface area contributed by atoms with E-state index in [-0.39, 0.29) is 17.6 Å². The smallest absolute Gasteiger partial charge is 0.268 e. The first-order chi connectivity index (χ1) is 11.5. The van der Waals surface area contributed by atoms with Crippen LogP contribution in [0.15, 0.2) is 29.6 Å². The number of amides is 1. The van der Waals surface area contributed by atoms with Crippen molar-refractivity contribution in [1.82, 2.24) is 9.88 Å². The zero-order valence-electron chi connectivity index (χ0n) is 13.3. The Labute approximate surface area is 149 Å². The molecule has 3 rings (SSSR count). The highest BCUT2D eigenvalue weighted by Crippen LogP contribution is 2.24. The van der Waals surface area contributed by atoms with Gasteiger partial charge in [0.25, 0.3) is 5.91 Å². The molecule has 0 aromatic carbocycles. The molecular formula is C17H18ClN3O2S. The zero-order valence-corrected chi connectivity index (χ0v) is 14.9. The number of rotatable bonds is 4. The summed E-state index contributed by atoms with van der Waals surface area (Å²) in [6.07, 6.45) is 1.69. The number of hydrogen-bond donors (Lipinski definition) is 1. The lowest BCUT2D eigenvalue weighted by atomic mass is 9.91. The number of likely N-dealkylation sites (tertiary alicyclic amines) is 1. The predicted octanol–water partition coefficient (Wildman–Crippen LogP) is 3.57. The van der Waals surface area contributed by atoms with Gasteiger partial charge in [-0.15, -0.1) is 11.3 Å². The van der Waals surface area contributed by atoms with Crippen LogP contribution in [0, 0.1) is 5.92 Å². The van der Waals surface area contributed by atoms with Crippen LogP contribution in [-0.2, 0) is 0 Å². The molecule has 24 heavy (non-hydrogen) atoms. The number of aromatic nitrogens is 1. The lowest BCUT2D eigenvalue weighted by Crippen LogP contribution is -2.33. The van der Waals surface area contributed by atoms with Gasteiger partial charge in [-0.25, -0.2) is 4.98 Å². The summed E-state index contributed by atoms with van der Waals surface area (Å²) in [4.78, 5) is 31.8. The maximum absolute atomic E-state index is 12.6. The number of carbonyl (C=O) groups is 2. The molecule has 0 unspecified atom stereocenters. The third kappa shape index (κ3) is 3.83. The normalized spacial score (nSPS) is 16.1. The molecule has 3 heterocycles. The maximum atomic E-state index is 12.6. The number of nitrogens with one attached hydrogen (secondary N) is 1. The van der Waals surface area contributed by atoms with Gasteiger partial charge < -0.3 is 10.2 Å². The molecule has 126 valence electrons. The number of piperidine rings is 1. The summed E-state index contributed by atoms with van der Waals surface area (Å²) in [5.41, 5.74) is 0.402. The largest absolute Gasteiger partial charge is 0.306 e. The lowest BCUT2D eigenvalue weighted by Gasteiger charge is -2.27. The quantitative estimate of drug-likeness (QED) is 0.843. The first kappa shape index (κ1) is 17.1. The summed E-state index contributed by atoms with van der Waals surface area (Å²) in [5.74, 6) is 0.106. The number of ketones is 1. The fourth-order valence-corrected chi connectivity index (χ4v) is 3.79. The van der Waals surface area contributed by atoms with Crippen molar-refractivity contribution < 1.29 is 9.59 Å². The second-order valence-corrected chi connectivity index (χ2v) is 7.22. The summed E-state index contributed by atoms with van der Waals surface area (Å²) in [6, 6.07) is 6.79. The molecule has 2 aromatic heterocycles. The molecule has 0 radical (unpaired) electrons. The summed E-state index contributed by atoms with van der Waals surface area (Å²) in [6.45, 7) is 1.84. The van der Waals surface area contributed by atoms with Gasteiger partial charge in [0.05, 0.1) is 5.02 Å². The number of pyridine rings is 1. The summed E-state index contributed by atoms with van der Waals surface area (Å²) in [7, 11) is 2.06. The van der Waals surface area contributed by atoms with E-state index in [1.807, 2.05) is 0 Å². The van der Waals surface area contributed by atoms with Crippen LogP contribution in [0.3, 0.4) is 0 Å². The Morgan fingerprint density at radius 1 is 1.29 bits per heavy atom. The minimum Gasteiger partial charge on any atom is -0.306 e. The van der Waals surface area contributed by atoms with Crippen molar-refractivity contribution in [3.8, 4) is 0 Å². The molecule has 0 atom stereocenters. The molecule has 1 aliphatic heterocycles. The number of Topliss-reactive ketones (excluding diaryl/α,β-unsaturated/α-hetero) is 1. The fourth-order valence-electron chi connectivity index (χ4n) is 2.75. The van der Waals surface area contributed by atoms with Crippen LogP contribution < -0.4 is 5.32 Å². The summed E-state index contributed by atoms with van der Waals surface area (Å²) < 4.78 is 0. The van der Waals surface area contributed by atoms with E-state index in [2.05, 4.69) is 22.2 Å². The summed E-state index contributed by atoms with van der Waals surface area (Å²) in [5, 5.41) is 4.87. The van der Waals surface area contributed by atoms with Gasteiger partial charge in [-0.2, -0.15) is 0 Å². The number of nitrogens with zero attached hydrogens (tertiary/aromatic N) is 2. The average molecular weight is 364 g/mol. The van der Waals surface area contributed by atoms with E-state index in [0.29, 0.717) is 21.4 Å². The van der Waals surface area contributed by atoms with E-state index in [9.17, 15) is 9.59 Å². The molecule has 0 saturated carbocycles. The number of thiophene rings is 1. The highest BCUT2D eigenvalue weighted by molar-refractivity contribution is 7.12. The van der Waals surface area contributed by atoms with E-state index in [1.165, 1.54) is 11.3 Å². The fraction of sp³-hybridized carbons (Fsp3) is 0.353. The molecule has 1 amide bonds. The van der Waals surface area contributed by atoms with Crippen molar-refractivity contribution in [1.29, 1.82) is 0 Å². The van der Waals surface area contributed by atoms with E-state index >= 15 is 0 Å². The third-order valence-electron chi connectivity index (χ3n) is 4.16. The van der Waals surface area contributed by atoms with Gasteiger partial charge in [0.2, 0.25) is 0 Å². The third-order valence-corrected chi connectivity index (χ3v) is 5.50. The Morgan fingerprint density at radius 3 is 2.71 bits per heavy atom. The van der Waals surface area contributed by atoms with Crippen LogP contribution in [0.5, 0.6) is 0 Å². The molecule has 1 N–H and O–H groups in total. The van der Waals surface area contributed by atoms with Crippen molar-refractivity contribution in [3.63, 3.8) is 0 Å². The van der Waals surface area contributed by atoms with Gasteiger partial charge in [-0.05, 0) is 56.6 Å².